The van der Waals surface area contributed by atoms with Crippen LogP contribution in [-0.4, -0.2) is 42.0 Å². The lowest BCUT2D eigenvalue weighted by molar-refractivity contribution is 0.0696. The minimum atomic E-state index is -3.14. The molecular formula is C10H16N2O4S2. The number of hydrogen-bond acceptors (Lipinski definition) is 6. The first-order valence-corrected chi connectivity index (χ1v) is 7.98. The van der Waals surface area contributed by atoms with Gasteiger partial charge in [-0.25, -0.2) is 18.2 Å². The van der Waals surface area contributed by atoms with Crippen LogP contribution >= 0.6 is 11.3 Å². The number of nitrogens with zero attached hydrogens (tertiary/aromatic N) is 1. The molecule has 8 heteroatoms. The Kier molecular flexibility index (Phi) is 4.46. The van der Waals surface area contributed by atoms with Crippen molar-refractivity contribution in [3.8, 4) is 0 Å². The Balaban J connectivity index is 2.54. The van der Waals surface area contributed by atoms with Crippen molar-refractivity contribution in [1.82, 2.24) is 10.3 Å². The molecule has 1 aromatic heterocycles. The van der Waals surface area contributed by atoms with Crippen molar-refractivity contribution in [3.05, 3.63) is 16.1 Å². The number of aromatic carboxylic acids is 1. The average Bonchev–Trinajstić information content (AvgIpc) is 2.64. The molecule has 1 aromatic rings. The maximum atomic E-state index is 11.5. The molecule has 0 saturated carbocycles. The molecule has 102 valence electrons. The molecule has 1 rings (SSSR count). The third-order valence-electron chi connectivity index (χ3n) is 2.60. The van der Waals surface area contributed by atoms with Gasteiger partial charge in [0.05, 0.1) is 10.4 Å². The van der Waals surface area contributed by atoms with E-state index in [9.17, 15) is 13.2 Å². The molecule has 0 fully saturated rings. The number of carboxylic acids is 1. The average molecular weight is 292 g/mol. The van der Waals surface area contributed by atoms with Crippen LogP contribution < -0.4 is 5.32 Å². The van der Waals surface area contributed by atoms with Gasteiger partial charge < -0.3 is 10.4 Å². The molecule has 0 saturated heterocycles. The van der Waals surface area contributed by atoms with E-state index in [2.05, 4.69) is 10.3 Å². The first kappa shape index (κ1) is 15.1. The minimum Gasteiger partial charge on any atom is -0.476 e. The quantitative estimate of drug-likeness (QED) is 0.803. The van der Waals surface area contributed by atoms with E-state index in [-0.39, 0.29) is 11.6 Å². The largest absolute Gasteiger partial charge is 0.476 e. The summed E-state index contributed by atoms with van der Waals surface area (Å²) in [5.41, 5.74) is 0.599. The van der Waals surface area contributed by atoms with Gasteiger partial charge in [0.1, 0.15) is 0 Å². The van der Waals surface area contributed by atoms with Crippen LogP contribution in [0.1, 0.15) is 29.3 Å². The highest BCUT2D eigenvalue weighted by Crippen LogP contribution is 2.14. The molecule has 0 aliphatic rings. The van der Waals surface area contributed by atoms with Crippen LogP contribution in [0.5, 0.6) is 0 Å². The van der Waals surface area contributed by atoms with Crippen LogP contribution in [0.2, 0.25) is 0 Å². The maximum Gasteiger partial charge on any atom is 0.365 e. The zero-order valence-corrected chi connectivity index (χ0v) is 12.1. The van der Waals surface area contributed by atoms with Gasteiger partial charge in [-0.2, -0.15) is 0 Å². The van der Waals surface area contributed by atoms with Gasteiger partial charge >= 0.3 is 5.97 Å². The van der Waals surface area contributed by atoms with Crippen molar-refractivity contribution in [2.45, 2.75) is 25.1 Å². The Morgan fingerprint density at radius 2 is 2.17 bits per heavy atom. The molecule has 6 nitrogen and oxygen atoms in total. The van der Waals surface area contributed by atoms with E-state index in [1.807, 2.05) is 0 Å². The fraction of sp³-hybridized carbons (Fsp3) is 0.600. The first-order chi connectivity index (χ1) is 8.13. The lowest BCUT2D eigenvalue weighted by Crippen LogP contribution is -2.41. The topological polar surface area (TPSA) is 96.4 Å². The summed E-state index contributed by atoms with van der Waals surface area (Å²) in [6, 6.07) is 0. The van der Waals surface area contributed by atoms with Crippen molar-refractivity contribution in [3.63, 3.8) is 0 Å². The smallest absolute Gasteiger partial charge is 0.365 e. The molecule has 0 bridgehead atoms. The predicted octanol–water partition coefficient (Wildman–Crippen LogP) is 0.754. The monoisotopic (exact) mass is 292 g/mol. The third kappa shape index (κ3) is 3.76. The van der Waals surface area contributed by atoms with E-state index >= 15 is 0 Å². The first-order valence-electron chi connectivity index (χ1n) is 5.21. The van der Waals surface area contributed by atoms with Crippen LogP contribution in [0.4, 0.5) is 0 Å². The second-order valence-electron chi connectivity index (χ2n) is 4.58. The normalized spacial score (nSPS) is 12.6. The van der Waals surface area contributed by atoms with E-state index < -0.39 is 20.6 Å². The summed E-state index contributed by atoms with van der Waals surface area (Å²) in [4.78, 5) is 14.5. The molecule has 0 aliphatic carbocycles. The van der Waals surface area contributed by atoms with E-state index in [1.54, 1.807) is 19.2 Å². The van der Waals surface area contributed by atoms with Crippen LogP contribution in [0.3, 0.4) is 0 Å². The number of hydrogen-bond donors (Lipinski definition) is 2. The fourth-order valence-corrected chi connectivity index (χ4v) is 2.13. The maximum absolute atomic E-state index is 11.5. The number of thiazole rings is 1. The van der Waals surface area contributed by atoms with Gasteiger partial charge in [0.25, 0.3) is 0 Å². The molecule has 0 unspecified atom stereocenters. The van der Waals surface area contributed by atoms with Gasteiger partial charge in [-0.3, -0.25) is 0 Å². The van der Waals surface area contributed by atoms with E-state index in [1.165, 1.54) is 6.26 Å². The van der Waals surface area contributed by atoms with Gasteiger partial charge in [0.2, 0.25) is 5.01 Å². The number of carboxylic acid groups (broad SMARTS) is 1. The SMILES string of the molecule is CC(C)(CNCc1csc(C(=O)O)n1)S(C)(=O)=O. The van der Waals surface area contributed by atoms with Gasteiger partial charge in [0, 0.05) is 24.7 Å². The molecule has 2 N–H and O–H groups in total. The summed E-state index contributed by atoms with van der Waals surface area (Å²) in [5.74, 6) is -1.05. The third-order valence-corrected chi connectivity index (χ3v) is 5.63. The number of sulfone groups is 1. The fourth-order valence-electron chi connectivity index (χ4n) is 1.11. The molecule has 1 heterocycles. The Morgan fingerprint density at radius 3 is 2.61 bits per heavy atom. The lowest BCUT2D eigenvalue weighted by atomic mass is 10.2. The van der Waals surface area contributed by atoms with Crippen molar-refractivity contribution in [2.24, 2.45) is 0 Å². The summed E-state index contributed by atoms with van der Waals surface area (Å²) in [6.07, 6.45) is 1.19. The van der Waals surface area contributed by atoms with Crippen molar-refractivity contribution in [2.75, 3.05) is 12.8 Å². The van der Waals surface area contributed by atoms with E-state index in [4.69, 9.17) is 5.11 Å². The van der Waals surface area contributed by atoms with Gasteiger partial charge in [0.15, 0.2) is 9.84 Å². The number of aromatic nitrogens is 1. The molecular weight excluding hydrogens is 276 g/mol. The standard InChI is InChI=1S/C10H16N2O4S2/c1-10(2,18(3,15)16)6-11-4-7-5-17-8(12-7)9(13)14/h5,11H,4,6H2,1-3H3,(H,13,14). The molecule has 0 radical (unpaired) electrons. The van der Waals surface area contributed by atoms with E-state index in [0.29, 0.717) is 12.2 Å². The Morgan fingerprint density at radius 1 is 1.56 bits per heavy atom. The number of carbonyl (C=O) groups is 1. The molecule has 0 spiro atoms. The van der Waals surface area contributed by atoms with Crippen LogP contribution in [0.15, 0.2) is 5.38 Å². The van der Waals surface area contributed by atoms with Crippen LogP contribution in [0, 0.1) is 0 Å². The van der Waals surface area contributed by atoms with Gasteiger partial charge in [-0.15, -0.1) is 11.3 Å². The second kappa shape index (κ2) is 5.33. The van der Waals surface area contributed by atoms with Gasteiger partial charge in [-0.05, 0) is 13.8 Å². The highest BCUT2D eigenvalue weighted by molar-refractivity contribution is 7.92. The number of rotatable bonds is 6. The predicted molar refractivity (Wildman–Crippen MR) is 69.7 cm³/mol. The molecule has 0 aromatic carbocycles. The zero-order valence-electron chi connectivity index (χ0n) is 10.4. The van der Waals surface area contributed by atoms with Crippen molar-refractivity contribution < 1.29 is 18.3 Å². The Labute approximate surface area is 110 Å². The molecule has 0 amide bonds. The molecule has 18 heavy (non-hydrogen) atoms. The van der Waals surface area contributed by atoms with Crippen LogP contribution in [-0.2, 0) is 16.4 Å². The summed E-state index contributed by atoms with van der Waals surface area (Å²) >= 11 is 1.05. The number of nitrogens with one attached hydrogen (secondary N) is 1. The van der Waals surface area contributed by atoms with Gasteiger partial charge in [-0.1, -0.05) is 0 Å². The Hall–Kier alpha value is -0.990. The highest BCUT2D eigenvalue weighted by Gasteiger charge is 2.29. The van der Waals surface area contributed by atoms with Crippen molar-refractivity contribution >= 4 is 27.1 Å². The summed E-state index contributed by atoms with van der Waals surface area (Å²) in [5, 5.41) is 13.4. The zero-order chi connectivity index (χ0) is 14.0. The summed E-state index contributed by atoms with van der Waals surface area (Å²) in [6.45, 7) is 3.91. The lowest BCUT2D eigenvalue weighted by Gasteiger charge is -2.22. The van der Waals surface area contributed by atoms with E-state index in [0.717, 1.165) is 11.3 Å². The molecule has 0 aliphatic heterocycles. The van der Waals surface area contributed by atoms with Crippen molar-refractivity contribution in [1.29, 1.82) is 0 Å². The highest BCUT2D eigenvalue weighted by atomic mass is 32.2. The molecule has 0 atom stereocenters. The minimum absolute atomic E-state index is 0.0363. The summed E-state index contributed by atoms with van der Waals surface area (Å²) < 4.78 is 22.1. The second-order valence-corrected chi connectivity index (χ2v) is 8.09. The summed E-state index contributed by atoms with van der Waals surface area (Å²) in [7, 11) is -3.14. The Bertz CT molecular complexity index is 534. The van der Waals surface area contributed by atoms with Crippen LogP contribution in [0.25, 0.3) is 0 Å².